The van der Waals surface area contributed by atoms with Crippen LogP contribution in [0.4, 0.5) is 0 Å². The van der Waals surface area contributed by atoms with Gasteiger partial charge in [0, 0.05) is 6.54 Å². The van der Waals surface area contributed by atoms with Crippen LogP contribution >= 0.6 is 0 Å². The smallest absolute Gasteiger partial charge is 0.264 e. The van der Waals surface area contributed by atoms with Crippen molar-refractivity contribution >= 4 is 11.0 Å². The van der Waals surface area contributed by atoms with Crippen molar-refractivity contribution < 1.29 is 4.74 Å². The zero-order valence-electron chi connectivity index (χ0n) is 16.0. The first-order chi connectivity index (χ1) is 13.6. The topological polar surface area (TPSA) is 61.9 Å². The summed E-state index contributed by atoms with van der Waals surface area (Å²) in [5, 5.41) is 4.85. The summed E-state index contributed by atoms with van der Waals surface area (Å²) in [6.45, 7) is 5.23. The summed E-state index contributed by atoms with van der Waals surface area (Å²) in [4.78, 5) is 17.2. The van der Waals surface area contributed by atoms with Crippen LogP contribution in [0.5, 0.6) is 5.75 Å². The first-order valence-corrected chi connectivity index (χ1v) is 9.32. The van der Waals surface area contributed by atoms with Crippen LogP contribution in [0.1, 0.15) is 17.5 Å². The Kier molecular flexibility index (Phi) is 4.93. The second-order valence-corrected chi connectivity index (χ2v) is 6.82. The van der Waals surface area contributed by atoms with E-state index < -0.39 is 0 Å². The highest BCUT2D eigenvalue weighted by Gasteiger charge is 2.11. The van der Waals surface area contributed by atoms with Crippen molar-refractivity contribution in [1.82, 2.24) is 19.3 Å². The molecule has 6 heteroatoms. The molecule has 6 nitrogen and oxygen atoms in total. The molecular weight excluding hydrogens is 352 g/mol. The van der Waals surface area contributed by atoms with Crippen molar-refractivity contribution in [3.8, 4) is 11.4 Å². The van der Waals surface area contributed by atoms with Crippen LogP contribution < -0.4 is 10.3 Å². The lowest BCUT2D eigenvalue weighted by Crippen LogP contribution is -2.21. The first kappa shape index (κ1) is 18.0. The molecule has 4 rings (SSSR count). The summed E-state index contributed by atoms with van der Waals surface area (Å²) < 4.78 is 9.10. The molecule has 2 heterocycles. The molecule has 0 aliphatic carbocycles. The van der Waals surface area contributed by atoms with E-state index in [4.69, 9.17) is 4.74 Å². The van der Waals surface area contributed by atoms with E-state index in [1.165, 1.54) is 11.1 Å². The molecule has 0 amide bonds. The predicted molar refractivity (Wildman–Crippen MR) is 109 cm³/mol. The summed E-state index contributed by atoms with van der Waals surface area (Å²) in [6, 6.07) is 15.7. The van der Waals surface area contributed by atoms with Crippen molar-refractivity contribution in [2.75, 3.05) is 6.61 Å². The van der Waals surface area contributed by atoms with Crippen LogP contribution in [0.3, 0.4) is 0 Å². The van der Waals surface area contributed by atoms with Gasteiger partial charge in [-0.15, -0.1) is 0 Å². The molecule has 4 aromatic rings. The van der Waals surface area contributed by atoms with Gasteiger partial charge in [-0.2, -0.15) is 5.10 Å². The number of benzene rings is 2. The Labute approximate surface area is 163 Å². The largest absolute Gasteiger partial charge is 0.494 e. The van der Waals surface area contributed by atoms with E-state index in [-0.39, 0.29) is 5.56 Å². The summed E-state index contributed by atoms with van der Waals surface area (Å²) in [5.74, 6) is 0.855. The third kappa shape index (κ3) is 3.53. The fourth-order valence-corrected chi connectivity index (χ4v) is 3.09. The average molecular weight is 374 g/mol. The van der Waals surface area contributed by atoms with E-state index >= 15 is 0 Å². The lowest BCUT2D eigenvalue weighted by Gasteiger charge is -2.09. The third-order valence-corrected chi connectivity index (χ3v) is 4.85. The second kappa shape index (κ2) is 7.68. The molecule has 0 bridgehead atoms. The van der Waals surface area contributed by atoms with E-state index in [1.54, 1.807) is 21.8 Å². The molecule has 2 aromatic carbocycles. The molecule has 0 aliphatic heterocycles. The molecule has 0 aliphatic rings. The van der Waals surface area contributed by atoms with Crippen molar-refractivity contribution in [2.24, 2.45) is 0 Å². The molecular formula is C22H22N4O2. The number of hydrogen-bond donors (Lipinski definition) is 0. The normalized spacial score (nSPS) is 11.1. The van der Waals surface area contributed by atoms with Gasteiger partial charge in [0.2, 0.25) is 0 Å². The van der Waals surface area contributed by atoms with Crippen LogP contribution in [-0.4, -0.2) is 25.9 Å². The van der Waals surface area contributed by atoms with E-state index in [2.05, 4.69) is 30.0 Å². The number of fused-ring (bicyclic) bond motifs is 1. The van der Waals surface area contributed by atoms with E-state index in [0.717, 1.165) is 11.4 Å². The average Bonchev–Trinajstić information content (AvgIpc) is 3.15. The Bertz CT molecular complexity index is 1160. The lowest BCUT2D eigenvalue weighted by atomic mass is 10.1. The molecule has 142 valence electrons. The van der Waals surface area contributed by atoms with Crippen molar-refractivity contribution in [2.45, 2.75) is 26.8 Å². The Hall–Kier alpha value is -3.41. The molecule has 2 aromatic heterocycles. The van der Waals surface area contributed by atoms with Gasteiger partial charge < -0.3 is 4.74 Å². The fourth-order valence-electron chi connectivity index (χ4n) is 3.09. The Morgan fingerprint density at radius 1 is 1.04 bits per heavy atom. The Morgan fingerprint density at radius 3 is 2.64 bits per heavy atom. The number of aryl methyl sites for hydroxylation is 3. The maximum Gasteiger partial charge on any atom is 0.264 e. The summed E-state index contributed by atoms with van der Waals surface area (Å²) in [5.41, 5.74) is 3.81. The van der Waals surface area contributed by atoms with Gasteiger partial charge in [0.05, 0.1) is 24.8 Å². The minimum atomic E-state index is -0.0849. The number of ether oxygens (including phenoxy) is 1. The highest BCUT2D eigenvalue weighted by atomic mass is 16.5. The van der Waals surface area contributed by atoms with E-state index in [9.17, 15) is 4.79 Å². The standard InChI is InChI=1S/C22H22N4O2/c1-16-9-10-19(13-17(16)2)28-12-6-11-25-15-23-21-20(22(25)27)14-24-26(21)18-7-4-3-5-8-18/h3-5,7-10,13-15H,6,11-12H2,1-2H3. The highest BCUT2D eigenvalue weighted by molar-refractivity contribution is 5.74. The zero-order valence-corrected chi connectivity index (χ0v) is 16.0. The molecule has 0 N–H and O–H groups in total. The summed E-state index contributed by atoms with van der Waals surface area (Å²) in [7, 11) is 0. The first-order valence-electron chi connectivity index (χ1n) is 9.32. The van der Waals surface area contributed by atoms with Crippen molar-refractivity contribution in [3.63, 3.8) is 0 Å². The van der Waals surface area contributed by atoms with Gasteiger partial charge in [0.15, 0.2) is 5.65 Å². The van der Waals surface area contributed by atoms with Crippen LogP contribution in [0.25, 0.3) is 16.7 Å². The lowest BCUT2D eigenvalue weighted by molar-refractivity contribution is 0.300. The molecule has 0 spiro atoms. The van der Waals surface area contributed by atoms with Gasteiger partial charge in [0.1, 0.15) is 11.1 Å². The number of rotatable bonds is 6. The number of para-hydroxylation sites is 1. The highest BCUT2D eigenvalue weighted by Crippen LogP contribution is 2.17. The zero-order chi connectivity index (χ0) is 19.5. The van der Waals surface area contributed by atoms with Gasteiger partial charge in [-0.1, -0.05) is 24.3 Å². The van der Waals surface area contributed by atoms with Gasteiger partial charge in [0.25, 0.3) is 5.56 Å². The monoisotopic (exact) mass is 374 g/mol. The molecule has 0 fully saturated rings. The minimum Gasteiger partial charge on any atom is -0.494 e. The minimum absolute atomic E-state index is 0.0849. The Morgan fingerprint density at radius 2 is 1.86 bits per heavy atom. The molecule has 0 atom stereocenters. The number of hydrogen-bond acceptors (Lipinski definition) is 4. The van der Waals surface area contributed by atoms with Crippen LogP contribution in [-0.2, 0) is 6.54 Å². The second-order valence-electron chi connectivity index (χ2n) is 6.82. The van der Waals surface area contributed by atoms with Crippen molar-refractivity contribution in [3.05, 3.63) is 82.5 Å². The Balaban J connectivity index is 1.45. The maximum atomic E-state index is 12.7. The van der Waals surface area contributed by atoms with Crippen LogP contribution in [0.15, 0.2) is 65.8 Å². The van der Waals surface area contributed by atoms with Crippen LogP contribution in [0.2, 0.25) is 0 Å². The molecule has 0 saturated heterocycles. The van der Waals surface area contributed by atoms with Gasteiger partial charge in [-0.05, 0) is 55.7 Å². The van der Waals surface area contributed by atoms with Gasteiger partial charge in [-0.3, -0.25) is 9.36 Å². The third-order valence-electron chi connectivity index (χ3n) is 4.85. The predicted octanol–water partition coefficient (Wildman–Crippen LogP) is 3.67. The quantitative estimate of drug-likeness (QED) is 0.483. The van der Waals surface area contributed by atoms with Crippen molar-refractivity contribution in [1.29, 1.82) is 0 Å². The molecule has 0 radical (unpaired) electrons. The maximum absolute atomic E-state index is 12.7. The fraction of sp³-hybridized carbons (Fsp3) is 0.227. The SMILES string of the molecule is Cc1ccc(OCCCn2cnc3c(cnn3-c3ccccc3)c2=O)cc1C. The molecule has 28 heavy (non-hydrogen) atoms. The molecule has 0 saturated carbocycles. The van der Waals surface area contributed by atoms with E-state index in [0.29, 0.717) is 30.6 Å². The van der Waals surface area contributed by atoms with E-state index in [1.807, 2.05) is 42.5 Å². The van der Waals surface area contributed by atoms with Gasteiger partial charge in [-0.25, -0.2) is 9.67 Å². The summed E-state index contributed by atoms with van der Waals surface area (Å²) in [6.07, 6.45) is 3.88. The number of nitrogens with zero attached hydrogens (tertiary/aromatic N) is 4. The van der Waals surface area contributed by atoms with Crippen LogP contribution in [0, 0.1) is 13.8 Å². The molecule has 0 unspecified atom stereocenters. The summed E-state index contributed by atoms with van der Waals surface area (Å²) >= 11 is 0. The number of aromatic nitrogens is 4. The van der Waals surface area contributed by atoms with Gasteiger partial charge >= 0.3 is 0 Å².